The molecule has 0 fully saturated rings. The van der Waals surface area contributed by atoms with Crippen molar-refractivity contribution in [1.29, 1.82) is 0 Å². The van der Waals surface area contributed by atoms with E-state index in [2.05, 4.69) is 37.1 Å². The number of halogens is 2. The molecule has 1 aliphatic rings. The smallest absolute Gasteiger partial charge is 0.239 e. The molecule has 116 valence electrons. The van der Waals surface area contributed by atoms with Crippen LogP contribution in [-0.2, 0) is 6.54 Å². The van der Waals surface area contributed by atoms with Gasteiger partial charge >= 0.3 is 0 Å². The molecule has 0 bridgehead atoms. The molecule has 0 N–H and O–H groups in total. The van der Waals surface area contributed by atoms with E-state index in [1.807, 2.05) is 18.2 Å². The van der Waals surface area contributed by atoms with Crippen LogP contribution >= 0.6 is 23.2 Å². The molecule has 5 heteroatoms. The minimum atomic E-state index is 0.575. The standard InChI is InChI=1S/C17H20Cl2N3/c1-3-10-21-12-22(2,17(19)16(21)18)11-14-9-8-13-6-4-5-7-15(13)20-14/h4-9H,3,10-12H2,1-2H3/q+1. The molecule has 0 spiro atoms. The summed E-state index contributed by atoms with van der Waals surface area (Å²) in [6.07, 6.45) is 1.05. The van der Waals surface area contributed by atoms with E-state index in [9.17, 15) is 0 Å². The topological polar surface area (TPSA) is 16.1 Å². The Morgan fingerprint density at radius 3 is 2.73 bits per heavy atom. The van der Waals surface area contributed by atoms with Crippen LogP contribution in [0.4, 0.5) is 0 Å². The molecule has 0 saturated carbocycles. The van der Waals surface area contributed by atoms with E-state index < -0.39 is 0 Å². The largest absolute Gasteiger partial charge is 0.309 e. The highest BCUT2D eigenvalue weighted by molar-refractivity contribution is 6.38. The summed E-state index contributed by atoms with van der Waals surface area (Å²) in [7, 11) is 2.11. The summed E-state index contributed by atoms with van der Waals surface area (Å²) in [5.74, 6) is 0. The predicted octanol–water partition coefficient (Wildman–Crippen LogP) is 4.47. The summed E-state index contributed by atoms with van der Waals surface area (Å²) in [5.41, 5.74) is 2.05. The lowest BCUT2D eigenvalue weighted by Crippen LogP contribution is -2.42. The molecule has 2 aromatic rings. The van der Waals surface area contributed by atoms with E-state index in [1.54, 1.807) is 0 Å². The van der Waals surface area contributed by atoms with Crippen LogP contribution < -0.4 is 0 Å². The number of pyridine rings is 1. The quantitative estimate of drug-likeness (QED) is 0.604. The second-order valence-electron chi connectivity index (χ2n) is 6.04. The van der Waals surface area contributed by atoms with E-state index in [0.717, 1.165) is 42.8 Å². The Morgan fingerprint density at radius 1 is 1.18 bits per heavy atom. The van der Waals surface area contributed by atoms with Crippen molar-refractivity contribution in [3.63, 3.8) is 0 Å². The summed E-state index contributed by atoms with van der Waals surface area (Å²) >= 11 is 12.9. The maximum atomic E-state index is 6.52. The molecular formula is C17H20Cl2N3+. The van der Waals surface area contributed by atoms with Crippen molar-refractivity contribution in [3.8, 4) is 0 Å². The number of benzene rings is 1. The average molecular weight is 337 g/mol. The molecule has 1 aromatic heterocycles. The molecule has 0 amide bonds. The molecular weight excluding hydrogens is 317 g/mol. The second-order valence-corrected chi connectivity index (χ2v) is 6.75. The molecule has 3 nitrogen and oxygen atoms in total. The third-order valence-corrected chi connectivity index (χ3v) is 5.17. The Hall–Kier alpha value is -1.29. The zero-order valence-electron chi connectivity index (χ0n) is 12.9. The second kappa shape index (κ2) is 6.07. The fourth-order valence-electron chi connectivity index (χ4n) is 2.97. The van der Waals surface area contributed by atoms with Crippen LogP contribution in [0.15, 0.2) is 46.7 Å². The Bertz CT molecular complexity index is 729. The fourth-order valence-corrected chi connectivity index (χ4v) is 3.54. The molecule has 0 saturated heterocycles. The van der Waals surface area contributed by atoms with Crippen LogP contribution in [0, 0.1) is 0 Å². The third-order valence-electron chi connectivity index (χ3n) is 4.07. The number of rotatable bonds is 4. The molecule has 22 heavy (non-hydrogen) atoms. The predicted molar refractivity (Wildman–Crippen MR) is 92.2 cm³/mol. The number of fused-ring (bicyclic) bond motifs is 1. The molecule has 1 unspecified atom stereocenters. The Labute approximate surface area is 141 Å². The van der Waals surface area contributed by atoms with E-state index in [0.29, 0.717) is 14.8 Å². The molecule has 1 atom stereocenters. The number of nitrogens with zero attached hydrogens (tertiary/aromatic N) is 3. The van der Waals surface area contributed by atoms with Gasteiger partial charge in [0.15, 0.2) is 11.8 Å². The van der Waals surface area contributed by atoms with Crippen LogP contribution in [0.3, 0.4) is 0 Å². The van der Waals surface area contributed by atoms with Crippen molar-refractivity contribution in [3.05, 3.63) is 52.4 Å². The van der Waals surface area contributed by atoms with Gasteiger partial charge < -0.3 is 4.90 Å². The van der Waals surface area contributed by atoms with Crippen molar-refractivity contribution in [2.45, 2.75) is 19.9 Å². The highest BCUT2D eigenvalue weighted by Crippen LogP contribution is 2.36. The Balaban J connectivity index is 1.87. The first kappa shape index (κ1) is 15.6. The molecule has 2 heterocycles. The molecule has 0 radical (unpaired) electrons. The van der Waals surface area contributed by atoms with Crippen molar-refractivity contribution < 1.29 is 4.48 Å². The SMILES string of the molecule is CCCN1C[N+](C)(Cc2ccc3ccccc3n2)C(Cl)=C1Cl. The fraction of sp³-hybridized carbons (Fsp3) is 0.353. The summed E-state index contributed by atoms with van der Waals surface area (Å²) < 4.78 is 0.575. The van der Waals surface area contributed by atoms with Gasteiger partial charge in [-0.05, 0) is 30.2 Å². The maximum Gasteiger partial charge on any atom is 0.239 e. The van der Waals surface area contributed by atoms with Gasteiger partial charge in [-0.2, -0.15) is 0 Å². The van der Waals surface area contributed by atoms with Crippen molar-refractivity contribution >= 4 is 34.1 Å². The normalized spacial score (nSPS) is 21.9. The van der Waals surface area contributed by atoms with Crippen LogP contribution in [-0.4, -0.2) is 34.6 Å². The van der Waals surface area contributed by atoms with Gasteiger partial charge in [-0.1, -0.05) is 42.8 Å². The lowest BCUT2D eigenvalue weighted by atomic mass is 10.2. The van der Waals surface area contributed by atoms with E-state index in [1.165, 1.54) is 0 Å². The van der Waals surface area contributed by atoms with Gasteiger partial charge in [0.05, 0.1) is 18.3 Å². The van der Waals surface area contributed by atoms with Crippen LogP contribution in [0.2, 0.25) is 0 Å². The summed E-state index contributed by atoms with van der Waals surface area (Å²) in [5, 5.41) is 2.53. The lowest BCUT2D eigenvalue weighted by molar-refractivity contribution is -0.881. The molecule has 1 aliphatic heterocycles. The van der Waals surface area contributed by atoms with Crippen molar-refractivity contribution in [2.24, 2.45) is 0 Å². The summed E-state index contributed by atoms with van der Waals surface area (Å²) in [4.78, 5) is 6.90. The van der Waals surface area contributed by atoms with Crippen molar-refractivity contribution in [1.82, 2.24) is 9.88 Å². The van der Waals surface area contributed by atoms with Gasteiger partial charge in [-0.25, -0.2) is 4.98 Å². The van der Waals surface area contributed by atoms with Gasteiger partial charge in [0.25, 0.3) is 0 Å². The number of aromatic nitrogens is 1. The monoisotopic (exact) mass is 336 g/mol. The van der Waals surface area contributed by atoms with Gasteiger partial charge in [-0.3, -0.25) is 4.48 Å². The number of para-hydroxylation sites is 1. The van der Waals surface area contributed by atoms with Gasteiger partial charge in [-0.15, -0.1) is 0 Å². The number of hydrogen-bond donors (Lipinski definition) is 0. The zero-order chi connectivity index (χ0) is 15.7. The van der Waals surface area contributed by atoms with E-state index in [-0.39, 0.29) is 0 Å². The first-order valence-corrected chi connectivity index (χ1v) is 8.29. The summed E-state index contributed by atoms with van der Waals surface area (Å²) in [6.45, 7) is 4.60. The minimum absolute atomic E-state index is 0.575. The number of quaternary nitrogens is 1. The van der Waals surface area contributed by atoms with Gasteiger partial charge in [0, 0.05) is 11.9 Å². The average Bonchev–Trinajstić information content (AvgIpc) is 2.72. The molecule has 3 rings (SSSR count). The first-order chi connectivity index (χ1) is 10.5. The van der Waals surface area contributed by atoms with Crippen molar-refractivity contribution in [2.75, 3.05) is 20.3 Å². The number of hydrogen-bond acceptors (Lipinski definition) is 2. The maximum absolute atomic E-state index is 6.52. The Kier molecular flexibility index (Phi) is 4.31. The summed E-state index contributed by atoms with van der Waals surface area (Å²) in [6, 6.07) is 12.3. The highest BCUT2D eigenvalue weighted by atomic mass is 35.5. The van der Waals surface area contributed by atoms with E-state index in [4.69, 9.17) is 28.2 Å². The minimum Gasteiger partial charge on any atom is -0.309 e. The third kappa shape index (κ3) is 2.81. The van der Waals surface area contributed by atoms with E-state index >= 15 is 0 Å². The van der Waals surface area contributed by atoms with Crippen LogP contribution in [0.25, 0.3) is 10.9 Å². The van der Waals surface area contributed by atoms with Crippen LogP contribution in [0.1, 0.15) is 19.0 Å². The van der Waals surface area contributed by atoms with Gasteiger partial charge in [0.1, 0.15) is 6.54 Å². The highest BCUT2D eigenvalue weighted by Gasteiger charge is 2.40. The van der Waals surface area contributed by atoms with Crippen LogP contribution in [0.5, 0.6) is 0 Å². The van der Waals surface area contributed by atoms with Gasteiger partial charge in [0.2, 0.25) is 5.16 Å². The Morgan fingerprint density at radius 2 is 1.95 bits per heavy atom. The first-order valence-electron chi connectivity index (χ1n) is 7.53. The lowest BCUT2D eigenvalue weighted by Gasteiger charge is -2.29. The zero-order valence-corrected chi connectivity index (χ0v) is 14.4. The molecule has 1 aromatic carbocycles. The molecule has 0 aliphatic carbocycles.